The van der Waals surface area contributed by atoms with Crippen molar-refractivity contribution in [1.82, 2.24) is 15.0 Å². The molecule has 1 rings (SSSR count). The minimum atomic E-state index is -0.00826. The third kappa shape index (κ3) is 2.81. The van der Waals surface area contributed by atoms with E-state index in [-0.39, 0.29) is 5.54 Å². The zero-order valence-electron chi connectivity index (χ0n) is 8.53. The van der Waals surface area contributed by atoms with Gasteiger partial charge in [0.15, 0.2) is 0 Å². The summed E-state index contributed by atoms with van der Waals surface area (Å²) in [5.74, 6) is 0. The van der Waals surface area contributed by atoms with E-state index in [1.807, 2.05) is 17.8 Å². The van der Waals surface area contributed by atoms with Crippen molar-refractivity contribution in [2.45, 2.75) is 32.7 Å². The lowest BCUT2D eigenvalue weighted by atomic mass is 10.0. The summed E-state index contributed by atoms with van der Waals surface area (Å²) in [5.41, 5.74) is -0.00826. The predicted molar refractivity (Wildman–Crippen MR) is 50.5 cm³/mol. The summed E-state index contributed by atoms with van der Waals surface area (Å²) >= 11 is 0. The Balaban J connectivity index is 2.46. The van der Waals surface area contributed by atoms with Crippen LogP contribution in [0.15, 0.2) is 12.4 Å². The molecule has 0 spiro atoms. The van der Waals surface area contributed by atoms with Gasteiger partial charge in [0.25, 0.3) is 0 Å². The van der Waals surface area contributed by atoms with E-state index in [4.69, 9.17) is 4.74 Å². The van der Waals surface area contributed by atoms with Crippen molar-refractivity contribution in [3.8, 4) is 0 Å². The van der Waals surface area contributed by atoms with Gasteiger partial charge < -0.3 is 4.74 Å². The van der Waals surface area contributed by atoms with Crippen LogP contribution in [0.1, 0.15) is 27.2 Å². The minimum Gasteiger partial charge on any atom is -0.382 e. The number of ether oxygens (including phenoxy) is 1. The first-order valence-corrected chi connectivity index (χ1v) is 4.61. The van der Waals surface area contributed by atoms with Crippen molar-refractivity contribution in [3.05, 3.63) is 12.4 Å². The third-order valence-electron chi connectivity index (χ3n) is 2.11. The fourth-order valence-corrected chi connectivity index (χ4v) is 1.11. The normalized spacial score (nSPS) is 11.9. The van der Waals surface area contributed by atoms with Gasteiger partial charge in [-0.15, -0.1) is 5.10 Å². The molecule has 4 nitrogen and oxygen atoms in total. The molecule has 0 aliphatic rings. The number of rotatable bonds is 5. The average Bonchev–Trinajstić information content (AvgIpc) is 2.56. The first-order valence-electron chi connectivity index (χ1n) is 4.61. The van der Waals surface area contributed by atoms with Gasteiger partial charge in [-0.3, -0.25) is 0 Å². The molecule has 0 saturated carbocycles. The van der Waals surface area contributed by atoms with Crippen molar-refractivity contribution >= 4 is 0 Å². The first kappa shape index (κ1) is 10.2. The molecule has 0 aromatic carbocycles. The number of nitrogens with zero attached hydrogens (tertiary/aromatic N) is 3. The Bertz CT molecular complexity index is 231. The Hall–Kier alpha value is -0.900. The van der Waals surface area contributed by atoms with Crippen molar-refractivity contribution < 1.29 is 4.74 Å². The predicted octanol–water partition coefficient (Wildman–Crippen LogP) is 1.44. The van der Waals surface area contributed by atoms with Gasteiger partial charge in [-0.2, -0.15) is 0 Å². The van der Waals surface area contributed by atoms with Crippen molar-refractivity contribution in [2.24, 2.45) is 0 Å². The Kier molecular flexibility index (Phi) is 3.42. The summed E-state index contributed by atoms with van der Waals surface area (Å²) in [6.45, 7) is 7.79. The minimum absolute atomic E-state index is 0.00826. The molecule has 0 bridgehead atoms. The Morgan fingerprint density at radius 2 is 2.23 bits per heavy atom. The Labute approximate surface area is 78.9 Å². The molecule has 4 heteroatoms. The summed E-state index contributed by atoms with van der Waals surface area (Å²) in [6, 6.07) is 0. The first-order chi connectivity index (χ1) is 6.17. The van der Waals surface area contributed by atoms with Crippen LogP contribution in [0.2, 0.25) is 0 Å². The maximum Gasteiger partial charge on any atom is 0.0693 e. The maximum absolute atomic E-state index is 5.31. The lowest BCUT2D eigenvalue weighted by Crippen LogP contribution is -2.28. The number of hydrogen-bond donors (Lipinski definition) is 0. The van der Waals surface area contributed by atoms with Gasteiger partial charge in [-0.05, 0) is 27.2 Å². The molecule has 1 aromatic rings. The van der Waals surface area contributed by atoms with Gasteiger partial charge in [-0.25, -0.2) is 4.68 Å². The molecule has 0 unspecified atom stereocenters. The van der Waals surface area contributed by atoms with E-state index in [1.165, 1.54) is 0 Å². The smallest absolute Gasteiger partial charge is 0.0693 e. The van der Waals surface area contributed by atoms with E-state index in [9.17, 15) is 0 Å². The quantitative estimate of drug-likeness (QED) is 0.648. The molecule has 0 atom stereocenters. The molecule has 0 fully saturated rings. The highest BCUT2D eigenvalue weighted by atomic mass is 16.5. The zero-order chi connectivity index (χ0) is 9.73. The molecular weight excluding hydrogens is 166 g/mol. The summed E-state index contributed by atoms with van der Waals surface area (Å²) in [4.78, 5) is 0. The van der Waals surface area contributed by atoms with E-state index in [0.29, 0.717) is 0 Å². The standard InChI is InChI=1S/C9H17N3O/c1-4-13-8-5-9(2,3)12-7-6-10-11-12/h6-7H,4-5,8H2,1-3H3. The summed E-state index contributed by atoms with van der Waals surface area (Å²) < 4.78 is 7.17. The van der Waals surface area contributed by atoms with Gasteiger partial charge >= 0.3 is 0 Å². The van der Waals surface area contributed by atoms with Crippen LogP contribution in [0.5, 0.6) is 0 Å². The maximum atomic E-state index is 5.31. The second-order valence-corrected chi connectivity index (χ2v) is 3.61. The zero-order valence-corrected chi connectivity index (χ0v) is 8.53. The van der Waals surface area contributed by atoms with Gasteiger partial charge in [0, 0.05) is 19.4 Å². The van der Waals surface area contributed by atoms with Crippen LogP contribution in [-0.2, 0) is 10.3 Å². The molecule has 13 heavy (non-hydrogen) atoms. The number of aromatic nitrogens is 3. The van der Waals surface area contributed by atoms with Crippen LogP contribution in [0.25, 0.3) is 0 Å². The van der Waals surface area contributed by atoms with Crippen LogP contribution >= 0.6 is 0 Å². The molecule has 0 N–H and O–H groups in total. The topological polar surface area (TPSA) is 39.9 Å². The van der Waals surface area contributed by atoms with Crippen molar-refractivity contribution in [3.63, 3.8) is 0 Å². The summed E-state index contributed by atoms with van der Waals surface area (Å²) in [6.07, 6.45) is 4.53. The van der Waals surface area contributed by atoms with Gasteiger partial charge in [-0.1, -0.05) is 5.21 Å². The molecule has 0 aliphatic carbocycles. The average molecular weight is 183 g/mol. The molecule has 0 saturated heterocycles. The largest absolute Gasteiger partial charge is 0.382 e. The van der Waals surface area contributed by atoms with Crippen LogP contribution in [0.3, 0.4) is 0 Å². The van der Waals surface area contributed by atoms with E-state index in [2.05, 4.69) is 24.2 Å². The highest BCUT2D eigenvalue weighted by molar-refractivity contribution is 4.79. The van der Waals surface area contributed by atoms with E-state index in [0.717, 1.165) is 19.6 Å². The number of hydrogen-bond acceptors (Lipinski definition) is 3. The van der Waals surface area contributed by atoms with Crippen LogP contribution in [0, 0.1) is 0 Å². The van der Waals surface area contributed by atoms with Crippen molar-refractivity contribution in [2.75, 3.05) is 13.2 Å². The van der Waals surface area contributed by atoms with E-state index < -0.39 is 0 Å². The fraction of sp³-hybridized carbons (Fsp3) is 0.778. The van der Waals surface area contributed by atoms with Gasteiger partial charge in [0.05, 0.1) is 11.7 Å². The fourth-order valence-electron chi connectivity index (χ4n) is 1.11. The van der Waals surface area contributed by atoms with E-state index >= 15 is 0 Å². The Morgan fingerprint density at radius 1 is 1.46 bits per heavy atom. The highest BCUT2D eigenvalue weighted by Gasteiger charge is 2.20. The third-order valence-corrected chi connectivity index (χ3v) is 2.11. The van der Waals surface area contributed by atoms with E-state index in [1.54, 1.807) is 6.20 Å². The van der Waals surface area contributed by atoms with Gasteiger partial charge in [0.1, 0.15) is 0 Å². The molecule has 74 valence electrons. The van der Waals surface area contributed by atoms with Crippen LogP contribution in [-0.4, -0.2) is 28.2 Å². The monoisotopic (exact) mass is 183 g/mol. The van der Waals surface area contributed by atoms with Gasteiger partial charge in [0.2, 0.25) is 0 Å². The molecule has 0 aliphatic heterocycles. The molecule has 0 amide bonds. The SMILES string of the molecule is CCOCCC(C)(C)n1ccnn1. The molecular formula is C9H17N3O. The molecule has 1 heterocycles. The van der Waals surface area contributed by atoms with Crippen molar-refractivity contribution in [1.29, 1.82) is 0 Å². The summed E-state index contributed by atoms with van der Waals surface area (Å²) in [5, 5.41) is 7.77. The summed E-state index contributed by atoms with van der Waals surface area (Å²) in [7, 11) is 0. The Morgan fingerprint density at radius 3 is 2.77 bits per heavy atom. The van der Waals surface area contributed by atoms with Crippen LogP contribution < -0.4 is 0 Å². The second-order valence-electron chi connectivity index (χ2n) is 3.61. The molecule has 0 radical (unpaired) electrons. The molecule has 1 aromatic heterocycles. The second kappa shape index (κ2) is 4.37. The lowest BCUT2D eigenvalue weighted by Gasteiger charge is -2.24. The van der Waals surface area contributed by atoms with Crippen LogP contribution in [0.4, 0.5) is 0 Å². The highest BCUT2D eigenvalue weighted by Crippen LogP contribution is 2.17. The lowest BCUT2D eigenvalue weighted by molar-refractivity contribution is 0.112.